The molecule has 2 aromatic heterocycles. The summed E-state index contributed by atoms with van der Waals surface area (Å²) < 4.78 is 9.68. The lowest BCUT2D eigenvalue weighted by Gasteiger charge is -2.05. The largest absolute Gasteiger partial charge is 0.463 e. The van der Waals surface area contributed by atoms with Crippen LogP contribution in [0.3, 0.4) is 0 Å². The molecule has 2 aromatic rings. The molecule has 94 valence electrons. The molecule has 0 saturated carbocycles. The molecule has 0 aliphatic carbocycles. The number of carbonyl (C=O) groups is 1. The Balaban J connectivity index is 2.07. The number of furan rings is 1. The minimum atomic E-state index is -0.504. The number of nitrogens with zero attached hydrogens (tertiary/aromatic N) is 1. The molecule has 0 bridgehead atoms. The summed E-state index contributed by atoms with van der Waals surface area (Å²) in [6.07, 6.45) is 1.44. The van der Waals surface area contributed by atoms with Crippen LogP contribution in [0.4, 0.5) is 5.82 Å². The molecular formula is C12H11ClN2O3. The number of methoxy groups -OCH3 is 1. The van der Waals surface area contributed by atoms with E-state index >= 15 is 0 Å². The highest BCUT2D eigenvalue weighted by atomic mass is 35.5. The van der Waals surface area contributed by atoms with E-state index in [0.717, 1.165) is 0 Å². The number of anilines is 1. The van der Waals surface area contributed by atoms with Crippen molar-refractivity contribution in [2.45, 2.75) is 6.54 Å². The zero-order valence-electron chi connectivity index (χ0n) is 9.64. The Morgan fingerprint density at radius 3 is 3.06 bits per heavy atom. The lowest BCUT2D eigenvalue weighted by Crippen LogP contribution is -2.07. The number of hydrogen-bond donors (Lipinski definition) is 1. The second-order valence-corrected chi connectivity index (χ2v) is 3.85. The van der Waals surface area contributed by atoms with Crippen molar-refractivity contribution < 1.29 is 13.9 Å². The highest BCUT2D eigenvalue weighted by molar-refractivity contribution is 6.29. The van der Waals surface area contributed by atoms with E-state index in [2.05, 4.69) is 15.0 Å². The quantitative estimate of drug-likeness (QED) is 0.681. The fraction of sp³-hybridized carbons (Fsp3) is 0.167. The fourth-order valence-electron chi connectivity index (χ4n) is 1.44. The van der Waals surface area contributed by atoms with Crippen molar-refractivity contribution in [1.29, 1.82) is 0 Å². The van der Waals surface area contributed by atoms with Crippen LogP contribution in [0.2, 0.25) is 5.15 Å². The number of halogens is 1. The number of pyridine rings is 1. The van der Waals surface area contributed by atoms with Crippen LogP contribution in [0.5, 0.6) is 0 Å². The van der Waals surface area contributed by atoms with Gasteiger partial charge < -0.3 is 14.5 Å². The predicted molar refractivity (Wildman–Crippen MR) is 66.6 cm³/mol. The van der Waals surface area contributed by atoms with Crippen LogP contribution in [-0.2, 0) is 11.3 Å². The molecule has 0 unspecified atom stereocenters. The zero-order valence-corrected chi connectivity index (χ0v) is 10.4. The van der Waals surface area contributed by atoms with Crippen molar-refractivity contribution in [1.82, 2.24) is 4.98 Å². The summed E-state index contributed by atoms with van der Waals surface area (Å²) in [6, 6.07) is 6.95. The van der Waals surface area contributed by atoms with E-state index in [9.17, 15) is 4.79 Å². The van der Waals surface area contributed by atoms with Gasteiger partial charge in [0.1, 0.15) is 11.0 Å². The molecule has 0 amide bonds. The molecule has 2 heterocycles. The Kier molecular flexibility index (Phi) is 3.84. The fourth-order valence-corrected chi connectivity index (χ4v) is 1.60. The van der Waals surface area contributed by atoms with Gasteiger partial charge in [-0.05, 0) is 18.2 Å². The molecule has 0 aromatic carbocycles. The summed E-state index contributed by atoms with van der Waals surface area (Å²) in [4.78, 5) is 15.5. The third-order valence-corrected chi connectivity index (χ3v) is 2.50. The van der Waals surface area contributed by atoms with Crippen LogP contribution >= 0.6 is 11.6 Å². The minimum Gasteiger partial charge on any atom is -0.463 e. The van der Waals surface area contributed by atoms with Gasteiger partial charge in [-0.15, -0.1) is 0 Å². The minimum absolute atomic E-state index is 0.187. The van der Waals surface area contributed by atoms with Gasteiger partial charge in [0.25, 0.3) is 0 Å². The van der Waals surface area contributed by atoms with Crippen LogP contribution < -0.4 is 5.32 Å². The molecule has 0 aliphatic rings. The van der Waals surface area contributed by atoms with E-state index in [1.165, 1.54) is 13.4 Å². The van der Waals surface area contributed by atoms with Gasteiger partial charge in [0.05, 0.1) is 13.4 Å². The third-order valence-electron chi connectivity index (χ3n) is 2.29. The number of esters is 1. The van der Waals surface area contributed by atoms with Crippen molar-refractivity contribution in [2.75, 3.05) is 12.4 Å². The highest BCUT2D eigenvalue weighted by Gasteiger charge is 2.15. The van der Waals surface area contributed by atoms with Crippen molar-refractivity contribution in [3.63, 3.8) is 0 Å². The SMILES string of the molecule is COC(=O)c1occc1CNc1cccc(Cl)n1. The standard InChI is InChI=1S/C12H11ClN2O3/c1-17-12(16)11-8(5-6-18-11)7-14-10-4-2-3-9(13)15-10/h2-6H,7H2,1H3,(H,14,15). The third kappa shape index (κ3) is 2.81. The molecular weight excluding hydrogens is 256 g/mol. The molecule has 18 heavy (non-hydrogen) atoms. The summed E-state index contributed by atoms with van der Waals surface area (Å²) in [5, 5.41) is 3.45. The van der Waals surface area contributed by atoms with Gasteiger partial charge in [-0.3, -0.25) is 0 Å². The van der Waals surface area contributed by atoms with Gasteiger partial charge in [-0.2, -0.15) is 0 Å². The van der Waals surface area contributed by atoms with Gasteiger partial charge >= 0.3 is 5.97 Å². The number of carbonyl (C=O) groups excluding carboxylic acids is 1. The Morgan fingerprint density at radius 1 is 1.50 bits per heavy atom. The van der Waals surface area contributed by atoms with Crippen molar-refractivity contribution in [3.8, 4) is 0 Å². The first-order chi connectivity index (χ1) is 8.70. The van der Waals surface area contributed by atoms with E-state index in [0.29, 0.717) is 23.1 Å². The number of hydrogen-bond acceptors (Lipinski definition) is 5. The predicted octanol–water partition coefficient (Wildman–Crippen LogP) is 2.73. The summed E-state index contributed by atoms with van der Waals surface area (Å²) in [6.45, 7) is 0.397. The van der Waals surface area contributed by atoms with Gasteiger partial charge in [0.15, 0.2) is 0 Å². The summed E-state index contributed by atoms with van der Waals surface area (Å²) in [5.41, 5.74) is 0.698. The van der Waals surface area contributed by atoms with Crippen LogP contribution in [0.15, 0.2) is 34.9 Å². The summed E-state index contributed by atoms with van der Waals surface area (Å²) in [7, 11) is 1.31. The first kappa shape index (κ1) is 12.4. The number of rotatable bonds is 4. The van der Waals surface area contributed by atoms with Gasteiger partial charge in [0.2, 0.25) is 5.76 Å². The van der Waals surface area contributed by atoms with Gasteiger partial charge in [-0.25, -0.2) is 9.78 Å². The van der Waals surface area contributed by atoms with Crippen molar-refractivity contribution in [2.24, 2.45) is 0 Å². The Hall–Kier alpha value is -2.01. The first-order valence-electron chi connectivity index (χ1n) is 5.22. The molecule has 0 fully saturated rings. The van der Waals surface area contributed by atoms with E-state index in [1.807, 2.05) is 0 Å². The van der Waals surface area contributed by atoms with Crippen LogP contribution in [-0.4, -0.2) is 18.1 Å². The molecule has 6 heteroatoms. The lowest BCUT2D eigenvalue weighted by atomic mass is 10.2. The Morgan fingerprint density at radius 2 is 2.33 bits per heavy atom. The topological polar surface area (TPSA) is 64.4 Å². The molecule has 2 rings (SSSR count). The molecule has 0 saturated heterocycles. The number of aromatic nitrogens is 1. The van der Waals surface area contributed by atoms with Crippen molar-refractivity contribution in [3.05, 3.63) is 47.0 Å². The smallest absolute Gasteiger partial charge is 0.374 e. The van der Waals surface area contributed by atoms with Gasteiger partial charge in [-0.1, -0.05) is 17.7 Å². The van der Waals surface area contributed by atoms with Crippen LogP contribution in [0.1, 0.15) is 16.1 Å². The average Bonchev–Trinajstić information content (AvgIpc) is 2.84. The maximum Gasteiger partial charge on any atom is 0.374 e. The molecule has 5 nitrogen and oxygen atoms in total. The second-order valence-electron chi connectivity index (χ2n) is 3.47. The number of ether oxygens (including phenoxy) is 1. The lowest BCUT2D eigenvalue weighted by molar-refractivity contribution is 0.0563. The Bertz CT molecular complexity index is 554. The van der Waals surface area contributed by atoms with E-state index in [4.69, 9.17) is 16.0 Å². The zero-order chi connectivity index (χ0) is 13.0. The van der Waals surface area contributed by atoms with Crippen molar-refractivity contribution >= 4 is 23.4 Å². The second kappa shape index (κ2) is 5.55. The Labute approximate surface area is 109 Å². The molecule has 0 spiro atoms. The highest BCUT2D eigenvalue weighted by Crippen LogP contribution is 2.15. The normalized spacial score (nSPS) is 10.1. The first-order valence-corrected chi connectivity index (χ1v) is 5.59. The van der Waals surface area contributed by atoms with Crippen LogP contribution in [0, 0.1) is 0 Å². The van der Waals surface area contributed by atoms with E-state index in [1.54, 1.807) is 24.3 Å². The van der Waals surface area contributed by atoms with E-state index in [-0.39, 0.29) is 5.76 Å². The van der Waals surface area contributed by atoms with Gasteiger partial charge in [0, 0.05) is 12.1 Å². The molecule has 1 N–H and O–H groups in total. The maximum atomic E-state index is 11.4. The summed E-state index contributed by atoms with van der Waals surface area (Å²) >= 11 is 5.77. The molecule has 0 atom stereocenters. The maximum absolute atomic E-state index is 11.4. The average molecular weight is 267 g/mol. The molecule has 0 aliphatic heterocycles. The summed E-state index contributed by atoms with van der Waals surface area (Å²) in [5.74, 6) is 0.308. The monoisotopic (exact) mass is 266 g/mol. The molecule has 0 radical (unpaired) electrons. The van der Waals surface area contributed by atoms with E-state index < -0.39 is 5.97 Å². The van der Waals surface area contributed by atoms with Crippen LogP contribution in [0.25, 0.3) is 0 Å². The number of nitrogens with one attached hydrogen (secondary N) is 1.